The van der Waals surface area contributed by atoms with Crippen LogP contribution in [0.1, 0.15) is 5.56 Å². The van der Waals surface area contributed by atoms with Gasteiger partial charge in [-0.25, -0.2) is 4.98 Å². The molecule has 0 bridgehead atoms. The average molecular weight is 353 g/mol. The Labute approximate surface area is 129 Å². The molecular formula is C13H11BrClN5. The van der Waals surface area contributed by atoms with Gasteiger partial charge in [-0.1, -0.05) is 11.6 Å². The first kappa shape index (κ1) is 13.4. The molecular weight excluding hydrogens is 342 g/mol. The minimum absolute atomic E-state index is 0.503. The lowest BCUT2D eigenvalue weighted by Gasteiger charge is -2.40. The van der Waals surface area contributed by atoms with Crippen molar-refractivity contribution in [3.05, 3.63) is 39.7 Å². The first-order chi connectivity index (χ1) is 9.65. The second kappa shape index (κ2) is 5.43. The number of nitrogens with zero attached hydrogens (tertiary/aromatic N) is 5. The molecule has 2 aromatic rings. The third kappa shape index (κ3) is 2.65. The van der Waals surface area contributed by atoms with Crippen molar-refractivity contribution in [2.45, 2.75) is 6.54 Å². The van der Waals surface area contributed by atoms with Gasteiger partial charge in [0.05, 0.1) is 16.8 Å². The zero-order valence-corrected chi connectivity index (χ0v) is 12.8. The normalized spacial score (nSPS) is 14.9. The summed E-state index contributed by atoms with van der Waals surface area (Å²) in [5.74, 6) is 1.26. The number of rotatable bonds is 3. The van der Waals surface area contributed by atoms with Crippen LogP contribution in [-0.2, 0) is 6.54 Å². The molecule has 102 valence electrons. The number of pyridine rings is 1. The zero-order valence-electron chi connectivity index (χ0n) is 10.5. The molecule has 0 spiro atoms. The summed E-state index contributed by atoms with van der Waals surface area (Å²) < 4.78 is 2.67. The maximum atomic E-state index is 9.15. The Morgan fingerprint density at radius 2 is 2.25 bits per heavy atom. The summed E-state index contributed by atoms with van der Waals surface area (Å²) in [5.41, 5.74) is 0.597. The molecule has 3 rings (SSSR count). The SMILES string of the molecule is N#Cc1cc(Br)cnc1N1CC(Cn2cc(Cl)cn2)C1. The van der Waals surface area contributed by atoms with Gasteiger partial charge >= 0.3 is 0 Å². The first-order valence-electron chi connectivity index (χ1n) is 6.14. The number of nitriles is 1. The minimum Gasteiger partial charge on any atom is -0.355 e. The first-order valence-corrected chi connectivity index (χ1v) is 7.31. The second-order valence-electron chi connectivity index (χ2n) is 4.79. The second-order valence-corrected chi connectivity index (χ2v) is 6.14. The summed E-state index contributed by atoms with van der Waals surface area (Å²) in [5, 5.41) is 14.0. The van der Waals surface area contributed by atoms with Crippen LogP contribution in [0.4, 0.5) is 5.82 Å². The third-order valence-corrected chi connectivity index (χ3v) is 3.89. The van der Waals surface area contributed by atoms with Gasteiger partial charge in [-0.15, -0.1) is 0 Å². The molecule has 2 aromatic heterocycles. The molecule has 0 saturated carbocycles. The lowest BCUT2D eigenvalue weighted by Crippen LogP contribution is -2.49. The minimum atomic E-state index is 0.503. The molecule has 1 saturated heterocycles. The maximum absolute atomic E-state index is 9.15. The molecule has 0 N–H and O–H groups in total. The van der Waals surface area contributed by atoms with E-state index in [-0.39, 0.29) is 0 Å². The molecule has 7 heteroatoms. The summed E-state index contributed by atoms with van der Waals surface area (Å²) >= 11 is 9.17. The molecule has 5 nitrogen and oxygen atoms in total. The van der Waals surface area contributed by atoms with E-state index in [1.807, 2.05) is 10.9 Å². The van der Waals surface area contributed by atoms with Gasteiger partial charge in [0, 0.05) is 42.4 Å². The van der Waals surface area contributed by atoms with E-state index in [1.54, 1.807) is 18.5 Å². The van der Waals surface area contributed by atoms with E-state index < -0.39 is 0 Å². The van der Waals surface area contributed by atoms with E-state index >= 15 is 0 Å². The van der Waals surface area contributed by atoms with Crippen LogP contribution in [0, 0.1) is 17.2 Å². The largest absolute Gasteiger partial charge is 0.355 e. The topological polar surface area (TPSA) is 57.7 Å². The van der Waals surface area contributed by atoms with Crippen molar-refractivity contribution in [3.8, 4) is 6.07 Å². The number of anilines is 1. The highest BCUT2D eigenvalue weighted by Gasteiger charge is 2.29. The van der Waals surface area contributed by atoms with E-state index in [0.29, 0.717) is 16.5 Å². The van der Waals surface area contributed by atoms with Crippen molar-refractivity contribution in [1.29, 1.82) is 5.26 Å². The Bertz CT molecular complexity index is 672. The molecule has 0 unspecified atom stereocenters. The molecule has 1 fully saturated rings. The Morgan fingerprint density at radius 3 is 2.90 bits per heavy atom. The van der Waals surface area contributed by atoms with Crippen LogP contribution in [-0.4, -0.2) is 27.9 Å². The molecule has 0 radical (unpaired) electrons. The Morgan fingerprint density at radius 1 is 1.45 bits per heavy atom. The van der Waals surface area contributed by atoms with Crippen molar-refractivity contribution in [2.75, 3.05) is 18.0 Å². The van der Waals surface area contributed by atoms with Gasteiger partial charge in [0.25, 0.3) is 0 Å². The van der Waals surface area contributed by atoms with Crippen molar-refractivity contribution in [3.63, 3.8) is 0 Å². The summed E-state index contributed by atoms with van der Waals surface area (Å²) in [7, 11) is 0. The van der Waals surface area contributed by atoms with Crippen molar-refractivity contribution >= 4 is 33.3 Å². The van der Waals surface area contributed by atoms with Gasteiger partial charge < -0.3 is 4.90 Å². The maximum Gasteiger partial charge on any atom is 0.146 e. The summed E-state index contributed by atoms with van der Waals surface area (Å²) in [6.07, 6.45) is 5.18. The molecule has 0 atom stereocenters. The Kier molecular flexibility index (Phi) is 3.64. The van der Waals surface area contributed by atoms with Crippen molar-refractivity contribution < 1.29 is 0 Å². The fourth-order valence-electron chi connectivity index (χ4n) is 2.33. The van der Waals surface area contributed by atoms with Gasteiger partial charge in [-0.2, -0.15) is 10.4 Å². The smallest absolute Gasteiger partial charge is 0.146 e. The van der Waals surface area contributed by atoms with Crippen LogP contribution in [0.3, 0.4) is 0 Å². The monoisotopic (exact) mass is 351 g/mol. The molecule has 1 aliphatic rings. The van der Waals surface area contributed by atoms with Gasteiger partial charge in [-0.3, -0.25) is 4.68 Å². The van der Waals surface area contributed by atoms with Crippen molar-refractivity contribution in [1.82, 2.24) is 14.8 Å². The highest BCUT2D eigenvalue weighted by atomic mass is 79.9. The van der Waals surface area contributed by atoms with Crippen LogP contribution < -0.4 is 4.90 Å². The number of halogens is 2. The van der Waals surface area contributed by atoms with Crippen LogP contribution in [0.2, 0.25) is 5.02 Å². The van der Waals surface area contributed by atoms with Crippen molar-refractivity contribution in [2.24, 2.45) is 5.92 Å². The lowest BCUT2D eigenvalue weighted by molar-refractivity contribution is 0.340. The Hall–Kier alpha value is -1.58. The number of hydrogen-bond acceptors (Lipinski definition) is 4. The molecule has 3 heterocycles. The predicted molar refractivity (Wildman–Crippen MR) is 79.6 cm³/mol. The highest BCUT2D eigenvalue weighted by molar-refractivity contribution is 9.10. The fourth-order valence-corrected chi connectivity index (χ4v) is 2.81. The van der Waals surface area contributed by atoms with E-state index in [2.05, 4.69) is 37.0 Å². The van der Waals surface area contributed by atoms with Gasteiger partial charge in [0.1, 0.15) is 11.9 Å². The fraction of sp³-hybridized carbons (Fsp3) is 0.308. The molecule has 0 aromatic carbocycles. The molecule has 0 amide bonds. The summed E-state index contributed by atoms with van der Waals surface area (Å²) in [4.78, 5) is 6.44. The molecule has 20 heavy (non-hydrogen) atoms. The van der Waals surface area contributed by atoms with Crippen LogP contribution in [0.15, 0.2) is 29.1 Å². The standard InChI is InChI=1S/C13H11BrClN5/c14-11-1-10(2-16)13(17-3-11)19-5-9(6-19)7-20-8-12(15)4-18-20/h1,3-4,8-9H,5-7H2. The predicted octanol–water partition coefficient (Wildman–Crippen LogP) is 2.70. The van der Waals surface area contributed by atoms with Gasteiger partial charge in [0.2, 0.25) is 0 Å². The van der Waals surface area contributed by atoms with E-state index in [1.165, 1.54) is 0 Å². The number of aromatic nitrogens is 3. The Balaban J connectivity index is 1.64. The number of hydrogen-bond donors (Lipinski definition) is 0. The zero-order chi connectivity index (χ0) is 14.1. The quantitative estimate of drug-likeness (QED) is 0.852. The van der Waals surface area contributed by atoms with E-state index in [0.717, 1.165) is 29.9 Å². The van der Waals surface area contributed by atoms with Crippen LogP contribution in [0.25, 0.3) is 0 Å². The average Bonchev–Trinajstić information content (AvgIpc) is 2.79. The van der Waals surface area contributed by atoms with Gasteiger partial charge in [0.15, 0.2) is 0 Å². The molecule has 1 aliphatic heterocycles. The summed E-state index contributed by atoms with van der Waals surface area (Å²) in [6, 6.07) is 3.98. The van der Waals surface area contributed by atoms with E-state index in [4.69, 9.17) is 16.9 Å². The van der Waals surface area contributed by atoms with Crippen LogP contribution in [0.5, 0.6) is 0 Å². The summed E-state index contributed by atoms with van der Waals surface area (Å²) in [6.45, 7) is 2.59. The lowest BCUT2D eigenvalue weighted by atomic mass is 9.99. The van der Waals surface area contributed by atoms with E-state index in [9.17, 15) is 0 Å². The molecule has 0 aliphatic carbocycles. The van der Waals surface area contributed by atoms with Gasteiger partial charge in [-0.05, 0) is 22.0 Å². The van der Waals surface area contributed by atoms with Crippen LogP contribution >= 0.6 is 27.5 Å². The highest BCUT2D eigenvalue weighted by Crippen LogP contribution is 2.28. The third-order valence-electron chi connectivity index (χ3n) is 3.26.